The van der Waals surface area contributed by atoms with Crippen LogP contribution in [-0.4, -0.2) is 11.8 Å². The van der Waals surface area contributed by atoms with Gasteiger partial charge in [-0.15, -0.1) is 0 Å². The van der Waals surface area contributed by atoms with E-state index >= 15 is 0 Å². The number of halogens is 1. The maximum absolute atomic E-state index is 12.9. The highest BCUT2D eigenvalue weighted by Crippen LogP contribution is 2.19. The fourth-order valence-electron chi connectivity index (χ4n) is 2.59. The average molecular weight is 391 g/mol. The van der Waals surface area contributed by atoms with E-state index in [1.54, 1.807) is 54.6 Å². The van der Waals surface area contributed by atoms with Gasteiger partial charge in [-0.05, 0) is 48.4 Å². The van der Waals surface area contributed by atoms with Crippen molar-refractivity contribution in [3.63, 3.8) is 0 Å². The molecule has 28 heavy (non-hydrogen) atoms. The van der Waals surface area contributed by atoms with Gasteiger partial charge in [0.05, 0.1) is 0 Å². The third-order valence-electron chi connectivity index (χ3n) is 4.13. The molecule has 0 heterocycles. The molecule has 0 bridgehead atoms. The summed E-state index contributed by atoms with van der Waals surface area (Å²) in [6, 6.07) is 23.3. The molecule has 4 nitrogen and oxygen atoms in total. The number of hydrogen-bond donors (Lipinski definition) is 2. The molecule has 3 aromatic rings. The van der Waals surface area contributed by atoms with Crippen LogP contribution in [0.25, 0.3) is 6.08 Å². The van der Waals surface area contributed by atoms with Gasteiger partial charge in [0.2, 0.25) is 0 Å². The first kappa shape index (κ1) is 19.4. The van der Waals surface area contributed by atoms with Crippen LogP contribution >= 0.6 is 11.6 Å². The lowest BCUT2D eigenvalue weighted by Gasteiger charge is -2.13. The van der Waals surface area contributed by atoms with Crippen molar-refractivity contribution in [2.45, 2.75) is 6.92 Å². The summed E-state index contributed by atoms with van der Waals surface area (Å²) in [5.41, 5.74) is 2.78. The number of nitrogens with one attached hydrogen (secondary N) is 2. The number of hydrogen-bond acceptors (Lipinski definition) is 2. The largest absolute Gasteiger partial charge is 0.320 e. The minimum absolute atomic E-state index is 0.102. The first-order chi connectivity index (χ1) is 13.5. The molecule has 5 heteroatoms. The van der Waals surface area contributed by atoms with Crippen LogP contribution in [0.5, 0.6) is 0 Å². The number of carbonyl (C=O) groups excluding carboxylic acids is 2. The Balaban J connectivity index is 1.92. The Morgan fingerprint density at radius 1 is 0.857 bits per heavy atom. The number of para-hydroxylation sites is 1. The molecule has 2 N–H and O–H groups in total. The highest BCUT2D eigenvalue weighted by molar-refractivity contribution is 6.32. The molecule has 0 aliphatic carbocycles. The number of benzene rings is 3. The van der Waals surface area contributed by atoms with E-state index in [1.807, 2.05) is 37.3 Å². The number of carbonyl (C=O) groups is 2. The van der Waals surface area contributed by atoms with Crippen LogP contribution in [0, 0.1) is 6.92 Å². The van der Waals surface area contributed by atoms with Crippen molar-refractivity contribution in [1.82, 2.24) is 5.32 Å². The van der Waals surface area contributed by atoms with Gasteiger partial charge >= 0.3 is 0 Å². The smallest absolute Gasteiger partial charge is 0.272 e. The van der Waals surface area contributed by atoms with Crippen molar-refractivity contribution in [1.29, 1.82) is 0 Å². The third-order valence-corrected chi connectivity index (χ3v) is 4.47. The molecular formula is C23H19ClN2O2. The Morgan fingerprint density at radius 2 is 1.50 bits per heavy atom. The highest BCUT2D eigenvalue weighted by atomic mass is 35.5. The molecule has 0 aliphatic rings. The molecule has 0 spiro atoms. The Labute approximate surface area is 168 Å². The summed E-state index contributed by atoms with van der Waals surface area (Å²) in [6.45, 7) is 1.90. The van der Waals surface area contributed by atoms with Crippen molar-refractivity contribution >= 4 is 35.2 Å². The van der Waals surface area contributed by atoms with E-state index in [1.165, 1.54) is 0 Å². The average Bonchev–Trinajstić information content (AvgIpc) is 2.71. The first-order valence-corrected chi connectivity index (χ1v) is 9.12. The van der Waals surface area contributed by atoms with Crippen LogP contribution in [-0.2, 0) is 4.79 Å². The SMILES string of the molecule is Cc1ccccc1NC(=O)/C(=C/c1ccccc1Cl)NC(=O)c1ccccc1. The zero-order valence-corrected chi connectivity index (χ0v) is 16.0. The molecule has 0 saturated carbocycles. The van der Waals surface area contributed by atoms with E-state index in [0.29, 0.717) is 21.8 Å². The van der Waals surface area contributed by atoms with Crippen LogP contribution < -0.4 is 10.6 Å². The van der Waals surface area contributed by atoms with Crippen molar-refractivity contribution in [2.24, 2.45) is 0 Å². The molecule has 0 aromatic heterocycles. The van der Waals surface area contributed by atoms with E-state index in [-0.39, 0.29) is 11.6 Å². The van der Waals surface area contributed by atoms with Crippen LogP contribution in [0.15, 0.2) is 84.6 Å². The summed E-state index contributed by atoms with van der Waals surface area (Å²) in [6.07, 6.45) is 1.57. The Hall–Kier alpha value is -3.37. The predicted octanol–water partition coefficient (Wildman–Crippen LogP) is 5.06. The standard InChI is InChI=1S/C23H19ClN2O2/c1-16-9-5-8-14-20(16)25-23(28)21(15-18-12-6-7-13-19(18)24)26-22(27)17-10-3-2-4-11-17/h2-15H,1H3,(H,25,28)(H,26,27)/b21-15-. The minimum Gasteiger partial charge on any atom is -0.320 e. The van der Waals surface area contributed by atoms with Crippen molar-refractivity contribution in [3.05, 3.63) is 106 Å². The van der Waals surface area contributed by atoms with E-state index in [4.69, 9.17) is 11.6 Å². The van der Waals surface area contributed by atoms with Crippen LogP contribution in [0.4, 0.5) is 5.69 Å². The molecular weight excluding hydrogens is 372 g/mol. The summed E-state index contributed by atoms with van der Waals surface area (Å²) in [4.78, 5) is 25.5. The van der Waals surface area contributed by atoms with E-state index in [2.05, 4.69) is 10.6 Å². The van der Waals surface area contributed by atoms with Gasteiger partial charge in [-0.3, -0.25) is 9.59 Å². The molecule has 0 unspecified atom stereocenters. The Morgan fingerprint density at radius 3 is 2.21 bits per heavy atom. The second-order valence-corrected chi connectivity index (χ2v) is 6.58. The maximum atomic E-state index is 12.9. The lowest BCUT2D eigenvalue weighted by atomic mass is 10.1. The fourth-order valence-corrected chi connectivity index (χ4v) is 2.78. The van der Waals surface area contributed by atoms with Gasteiger partial charge in [-0.2, -0.15) is 0 Å². The van der Waals surface area contributed by atoms with Crippen molar-refractivity contribution in [3.8, 4) is 0 Å². The van der Waals surface area contributed by atoms with Gasteiger partial charge in [0, 0.05) is 16.3 Å². The zero-order chi connectivity index (χ0) is 19.9. The molecule has 0 fully saturated rings. The molecule has 140 valence electrons. The summed E-state index contributed by atoms with van der Waals surface area (Å²) in [7, 11) is 0. The Bertz CT molecular complexity index is 1030. The van der Waals surface area contributed by atoms with Gasteiger partial charge in [0.25, 0.3) is 11.8 Å². The number of rotatable bonds is 5. The lowest BCUT2D eigenvalue weighted by molar-refractivity contribution is -0.113. The van der Waals surface area contributed by atoms with Gasteiger partial charge in [0.15, 0.2) is 0 Å². The third kappa shape index (κ3) is 4.87. The molecule has 0 atom stereocenters. The molecule has 3 rings (SSSR count). The molecule has 0 radical (unpaired) electrons. The normalized spacial score (nSPS) is 11.0. The van der Waals surface area contributed by atoms with Crippen LogP contribution in [0.2, 0.25) is 5.02 Å². The number of amides is 2. The predicted molar refractivity (Wildman–Crippen MR) is 113 cm³/mol. The quantitative estimate of drug-likeness (QED) is 0.598. The van der Waals surface area contributed by atoms with Gasteiger partial charge < -0.3 is 10.6 Å². The number of anilines is 1. The first-order valence-electron chi connectivity index (χ1n) is 8.74. The molecule has 2 amide bonds. The summed E-state index contributed by atoms with van der Waals surface area (Å²) in [5, 5.41) is 6.03. The molecule has 3 aromatic carbocycles. The second kappa shape index (κ2) is 9.02. The monoisotopic (exact) mass is 390 g/mol. The summed E-state index contributed by atoms with van der Waals surface area (Å²) in [5.74, 6) is -0.808. The molecule has 0 saturated heterocycles. The van der Waals surface area contributed by atoms with Gasteiger partial charge in [-0.25, -0.2) is 0 Å². The van der Waals surface area contributed by atoms with Crippen LogP contribution in [0.1, 0.15) is 21.5 Å². The topological polar surface area (TPSA) is 58.2 Å². The summed E-state index contributed by atoms with van der Waals surface area (Å²) >= 11 is 6.22. The van der Waals surface area contributed by atoms with E-state index < -0.39 is 5.91 Å². The number of aryl methyl sites for hydroxylation is 1. The lowest BCUT2D eigenvalue weighted by Crippen LogP contribution is -2.30. The molecule has 0 aliphatic heterocycles. The maximum Gasteiger partial charge on any atom is 0.272 e. The van der Waals surface area contributed by atoms with Gasteiger partial charge in [-0.1, -0.05) is 66.2 Å². The van der Waals surface area contributed by atoms with Crippen molar-refractivity contribution in [2.75, 3.05) is 5.32 Å². The summed E-state index contributed by atoms with van der Waals surface area (Å²) < 4.78 is 0. The van der Waals surface area contributed by atoms with E-state index in [0.717, 1.165) is 5.56 Å². The van der Waals surface area contributed by atoms with Crippen molar-refractivity contribution < 1.29 is 9.59 Å². The van der Waals surface area contributed by atoms with Gasteiger partial charge in [0.1, 0.15) is 5.70 Å². The van der Waals surface area contributed by atoms with Crippen LogP contribution in [0.3, 0.4) is 0 Å². The zero-order valence-electron chi connectivity index (χ0n) is 15.3. The Kier molecular flexibility index (Phi) is 6.25. The fraction of sp³-hybridized carbons (Fsp3) is 0.0435. The second-order valence-electron chi connectivity index (χ2n) is 6.17. The minimum atomic E-state index is -0.432. The van der Waals surface area contributed by atoms with E-state index in [9.17, 15) is 9.59 Å². The highest BCUT2D eigenvalue weighted by Gasteiger charge is 2.16.